The van der Waals surface area contributed by atoms with Crippen molar-refractivity contribution >= 4 is 27.6 Å². The second-order valence-electron chi connectivity index (χ2n) is 8.00. The zero-order valence-electron chi connectivity index (χ0n) is 17.5. The molecule has 158 valence electrons. The number of aliphatic hydroxyl groups excluding tert-OH is 1. The second-order valence-corrected chi connectivity index (χ2v) is 8.00. The van der Waals surface area contributed by atoms with Crippen LogP contribution < -0.4 is 0 Å². The zero-order valence-corrected chi connectivity index (χ0v) is 17.5. The molecule has 6 heteroatoms. The Labute approximate surface area is 180 Å². The Balaban J connectivity index is 1.56. The first-order valence-corrected chi connectivity index (χ1v) is 10.6. The lowest BCUT2D eigenvalue weighted by molar-refractivity contribution is -0.0306. The molecule has 4 aromatic rings. The fraction of sp³-hybridized carbons (Fsp3) is 0.280. The lowest BCUT2D eigenvalue weighted by atomic mass is 9.94. The number of ether oxygens (including phenoxy) is 1. The number of carbonyl (C=O) groups is 1. The van der Waals surface area contributed by atoms with E-state index in [4.69, 9.17) is 4.74 Å². The standard InChI is InChI=1S/C25H25N3O3/c1-27-24-14-17(6-7-18(24)15-26-27)20-8-9-23(22-5-3-2-4-21(20)22)25(30)28-11-13-31-19(16-28)10-12-29/h2-9,14-15,19,29H,10-13,16H2,1H3. The first-order chi connectivity index (χ1) is 15.2. The average molecular weight is 415 g/mol. The monoisotopic (exact) mass is 415 g/mol. The van der Waals surface area contributed by atoms with Crippen molar-refractivity contribution in [1.82, 2.24) is 14.7 Å². The number of morpholine rings is 1. The number of nitrogens with zero attached hydrogens (tertiary/aromatic N) is 3. The highest BCUT2D eigenvalue weighted by molar-refractivity contribution is 6.11. The molecule has 31 heavy (non-hydrogen) atoms. The molecule has 1 aromatic heterocycles. The SMILES string of the molecule is Cn1ncc2ccc(-c3ccc(C(=O)N4CCOC(CCO)C4)c4ccccc34)cc21. The normalized spacial score (nSPS) is 16.8. The lowest BCUT2D eigenvalue weighted by Gasteiger charge is -2.33. The van der Waals surface area contributed by atoms with Gasteiger partial charge in [-0.3, -0.25) is 9.48 Å². The molecular weight excluding hydrogens is 390 g/mol. The van der Waals surface area contributed by atoms with Crippen molar-refractivity contribution in [3.8, 4) is 11.1 Å². The molecule has 1 atom stereocenters. The molecule has 2 heterocycles. The summed E-state index contributed by atoms with van der Waals surface area (Å²) in [6, 6.07) is 18.4. The molecule has 0 radical (unpaired) electrons. The van der Waals surface area contributed by atoms with Crippen LogP contribution in [0.5, 0.6) is 0 Å². The number of hydrogen-bond acceptors (Lipinski definition) is 4. The molecule has 5 rings (SSSR count). The van der Waals surface area contributed by atoms with E-state index < -0.39 is 0 Å². The minimum Gasteiger partial charge on any atom is -0.396 e. The van der Waals surface area contributed by atoms with Crippen LogP contribution in [0.1, 0.15) is 16.8 Å². The van der Waals surface area contributed by atoms with Crippen molar-refractivity contribution in [3.63, 3.8) is 0 Å². The van der Waals surface area contributed by atoms with Crippen LogP contribution in [-0.4, -0.2) is 58.1 Å². The van der Waals surface area contributed by atoms with Crippen molar-refractivity contribution in [2.24, 2.45) is 7.05 Å². The molecule has 0 spiro atoms. The summed E-state index contributed by atoms with van der Waals surface area (Å²) in [4.78, 5) is 15.2. The molecule has 1 unspecified atom stereocenters. The van der Waals surface area contributed by atoms with Gasteiger partial charge in [0.2, 0.25) is 0 Å². The number of benzene rings is 3. The summed E-state index contributed by atoms with van der Waals surface area (Å²) in [5.74, 6) is 0.0103. The molecule has 1 N–H and O–H groups in total. The van der Waals surface area contributed by atoms with Crippen LogP contribution in [0.15, 0.2) is 60.8 Å². The second kappa shape index (κ2) is 8.13. The maximum atomic E-state index is 13.4. The van der Waals surface area contributed by atoms with Crippen molar-refractivity contribution in [3.05, 3.63) is 66.4 Å². The number of rotatable bonds is 4. The van der Waals surface area contributed by atoms with Gasteiger partial charge in [-0.1, -0.05) is 42.5 Å². The van der Waals surface area contributed by atoms with Crippen LogP contribution >= 0.6 is 0 Å². The Morgan fingerprint density at radius 3 is 2.84 bits per heavy atom. The molecule has 1 saturated heterocycles. The molecule has 1 fully saturated rings. The molecule has 0 bridgehead atoms. The maximum absolute atomic E-state index is 13.4. The van der Waals surface area contributed by atoms with Gasteiger partial charge in [-0.15, -0.1) is 0 Å². The third-order valence-electron chi connectivity index (χ3n) is 6.09. The summed E-state index contributed by atoms with van der Waals surface area (Å²) in [6.07, 6.45) is 2.30. The molecule has 6 nitrogen and oxygen atoms in total. The number of aliphatic hydroxyl groups is 1. The van der Waals surface area contributed by atoms with Gasteiger partial charge in [0.05, 0.1) is 24.4 Å². The van der Waals surface area contributed by atoms with Gasteiger partial charge in [-0.05, 0) is 40.5 Å². The topological polar surface area (TPSA) is 67.6 Å². The number of hydrogen-bond donors (Lipinski definition) is 1. The zero-order chi connectivity index (χ0) is 21.4. The first-order valence-electron chi connectivity index (χ1n) is 10.6. The smallest absolute Gasteiger partial charge is 0.254 e. The van der Waals surface area contributed by atoms with Gasteiger partial charge in [-0.2, -0.15) is 5.10 Å². The molecule has 3 aromatic carbocycles. The third-order valence-corrected chi connectivity index (χ3v) is 6.09. The fourth-order valence-corrected chi connectivity index (χ4v) is 4.44. The summed E-state index contributed by atoms with van der Waals surface area (Å²) < 4.78 is 7.55. The Morgan fingerprint density at radius 2 is 2.00 bits per heavy atom. The first kappa shape index (κ1) is 19.7. The number of fused-ring (bicyclic) bond motifs is 2. The highest BCUT2D eigenvalue weighted by Crippen LogP contribution is 2.33. The Kier molecular flexibility index (Phi) is 5.18. The predicted molar refractivity (Wildman–Crippen MR) is 121 cm³/mol. The third kappa shape index (κ3) is 3.58. The van der Waals surface area contributed by atoms with Crippen LogP contribution in [0.3, 0.4) is 0 Å². The summed E-state index contributed by atoms with van der Waals surface area (Å²) in [5.41, 5.74) is 3.96. The van der Waals surface area contributed by atoms with Crippen LogP contribution in [0.4, 0.5) is 0 Å². The van der Waals surface area contributed by atoms with E-state index in [1.54, 1.807) is 0 Å². The number of aromatic nitrogens is 2. The number of amides is 1. The van der Waals surface area contributed by atoms with Crippen LogP contribution in [0.2, 0.25) is 0 Å². The van der Waals surface area contributed by atoms with Crippen molar-refractivity contribution in [2.75, 3.05) is 26.3 Å². The van der Waals surface area contributed by atoms with E-state index >= 15 is 0 Å². The van der Waals surface area contributed by atoms with E-state index in [0.717, 1.165) is 32.8 Å². The van der Waals surface area contributed by atoms with Crippen molar-refractivity contribution in [1.29, 1.82) is 0 Å². The molecular formula is C25H25N3O3. The highest BCUT2D eigenvalue weighted by Gasteiger charge is 2.26. The summed E-state index contributed by atoms with van der Waals surface area (Å²) in [7, 11) is 1.94. The highest BCUT2D eigenvalue weighted by atomic mass is 16.5. The largest absolute Gasteiger partial charge is 0.396 e. The van der Waals surface area contributed by atoms with Gasteiger partial charge in [0.1, 0.15) is 0 Å². The molecule has 1 aliphatic heterocycles. The van der Waals surface area contributed by atoms with Gasteiger partial charge in [-0.25, -0.2) is 0 Å². The predicted octanol–water partition coefficient (Wildman–Crippen LogP) is 3.62. The molecule has 1 amide bonds. The molecule has 0 aliphatic carbocycles. The van der Waals surface area contributed by atoms with Gasteiger partial charge in [0, 0.05) is 37.7 Å². The Hall–Kier alpha value is -3.22. The summed E-state index contributed by atoms with van der Waals surface area (Å²) in [6.45, 7) is 1.63. The van der Waals surface area contributed by atoms with E-state index in [1.165, 1.54) is 0 Å². The Bertz CT molecular complexity index is 1260. The van der Waals surface area contributed by atoms with Crippen molar-refractivity contribution in [2.45, 2.75) is 12.5 Å². The van der Waals surface area contributed by atoms with E-state index in [0.29, 0.717) is 31.7 Å². The van der Waals surface area contributed by atoms with E-state index in [-0.39, 0.29) is 18.6 Å². The van der Waals surface area contributed by atoms with Gasteiger partial charge in [0.15, 0.2) is 0 Å². The van der Waals surface area contributed by atoms with Gasteiger partial charge < -0.3 is 14.7 Å². The van der Waals surface area contributed by atoms with Crippen molar-refractivity contribution < 1.29 is 14.6 Å². The maximum Gasteiger partial charge on any atom is 0.254 e. The number of aryl methyl sites for hydroxylation is 1. The quantitative estimate of drug-likeness (QED) is 0.553. The minimum absolute atomic E-state index is 0.0103. The summed E-state index contributed by atoms with van der Waals surface area (Å²) >= 11 is 0. The van der Waals surface area contributed by atoms with E-state index in [9.17, 15) is 9.90 Å². The van der Waals surface area contributed by atoms with E-state index in [2.05, 4.69) is 29.4 Å². The minimum atomic E-state index is -0.112. The lowest BCUT2D eigenvalue weighted by Crippen LogP contribution is -2.45. The van der Waals surface area contributed by atoms with Gasteiger partial charge >= 0.3 is 0 Å². The fourth-order valence-electron chi connectivity index (χ4n) is 4.44. The molecule has 0 saturated carbocycles. The average Bonchev–Trinajstić information content (AvgIpc) is 3.18. The van der Waals surface area contributed by atoms with Crippen LogP contribution in [-0.2, 0) is 11.8 Å². The van der Waals surface area contributed by atoms with Gasteiger partial charge in [0.25, 0.3) is 5.91 Å². The Morgan fingerprint density at radius 1 is 1.16 bits per heavy atom. The van der Waals surface area contributed by atoms with E-state index in [1.807, 2.05) is 53.2 Å². The molecule has 1 aliphatic rings. The van der Waals surface area contributed by atoms with Crippen LogP contribution in [0.25, 0.3) is 32.8 Å². The number of carbonyl (C=O) groups excluding carboxylic acids is 1. The van der Waals surface area contributed by atoms with Crippen LogP contribution in [0, 0.1) is 0 Å². The summed E-state index contributed by atoms with van der Waals surface area (Å²) in [5, 5.41) is 16.7.